The van der Waals surface area contributed by atoms with Crippen molar-refractivity contribution >= 4 is 28.8 Å². The Morgan fingerprint density at radius 3 is 2.31 bits per heavy atom. The fraction of sp³-hybridized carbons (Fsp3) is 0.441. The Bertz CT molecular complexity index is 1630. The zero-order valence-corrected chi connectivity index (χ0v) is 26.9. The van der Waals surface area contributed by atoms with Gasteiger partial charge in [0.2, 0.25) is 5.82 Å². The minimum Gasteiger partial charge on any atom is -0.387 e. The van der Waals surface area contributed by atoms with E-state index in [0.29, 0.717) is 44.2 Å². The second-order valence-electron chi connectivity index (χ2n) is 11.9. The molecule has 0 saturated carbocycles. The molecule has 2 aliphatic heterocycles. The average molecular weight is 659 g/mol. The molecule has 5 N–H and O–H groups in total. The van der Waals surface area contributed by atoms with E-state index >= 15 is 0 Å². The first-order valence-corrected chi connectivity index (χ1v) is 16.4. The topological polar surface area (TPSA) is 176 Å². The Morgan fingerprint density at radius 1 is 0.958 bits per heavy atom. The van der Waals surface area contributed by atoms with Crippen LogP contribution in [0, 0.1) is 0 Å². The van der Waals surface area contributed by atoms with E-state index in [-0.39, 0.29) is 17.4 Å². The van der Waals surface area contributed by atoms with Crippen molar-refractivity contribution in [2.45, 2.75) is 43.8 Å². The number of imidazole rings is 1. The minimum atomic E-state index is -1.48. The van der Waals surface area contributed by atoms with E-state index in [1.54, 1.807) is 6.92 Å². The van der Waals surface area contributed by atoms with Crippen LogP contribution in [0.3, 0.4) is 0 Å². The van der Waals surface area contributed by atoms with Gasteiger partial charge in [-0.1, -0.05) is 60.7 Å². The van der Waals surface area contributed by atoms with Gasteiger partial charge < -0.3 is 35.6 Å². The maximum absolute atomic E-state index is 13.5. The standard InChI is InChI=1S/C34H42N8O6/c1-2-35-32(45)28-26(43)27(44)34(48-28)42-21-38-25-29(37-20-24(22-10-5-3-6-11-22)23-12-7-4-8-13-23)39-30(40-31(25)42)33(46)36-14-9-15-41-16-18-47-19-17-41/h3-8,10-13,21,24,26-28,34,43-44H,2,9,14-20H2,1H3,(H,35,45)(H,36,46)(H,37,39,40)/t26-,27+,28-,34+/m0/s1. The summed E-state index contributed by atoms with van der Waals surface area (Å²) < 4.78 is 12.7. The third-order valence-electron chi connectivity index (χ3n) is 8.66. The first kappa shape index (κ1) is 33.4. The SMILES string of the molecule is CCNC(=O)[C@H]1O[C@@H](n2cnc3c(NCC(c4ccccc4)c4ccccc4)nc(C(=O)NCCCN4CCOCC4)nc32)[C@H](O)[C@@H]1O. The van der Waals surface area contributed by atoms with Crippen LogP contribution in [0.5, 0.6) is 0 Å². The summed E-state index contributed by atoms with van der Waals surface area (Å²) >= 11 is 0. The van der Waals surface area contributed by atoms with Gasteiger partial charge in [-0.05, 0) is 31.0 Å². The highest BCUT2D eigenvalue weighted by atomic mass is 16.6. The van der Waals surface area contributed by atoms with Crippen LogP contribution < -0.4 is 16.0 Å². The van der Waals surface area contributed by atoms with Gasteiger partial charge in [-0.25, -0.2) is 15.0 Å². The van der Waals surface area contributed by atoms with Gasteiger partial charge >= 0.3 is 0 Å². The Morgan fingerprint density at radius 2 is 1.65 bits per heavy atom. The maximum Gasteiger partial charge on any atom is 0.289 e. The molecular formula is C34H42N8O6. The number of benzene rings is 2. The maximum atomic E-state index is 13.5. The summed E-state index contributed by atoms with van der Waals surface area (Å²) in [5.41, 5.74) is 2.73. The number of carbonyl (C=O) groups excluding carboxylic acids is 2. The van der Waals surface area contributed by atoms with Gasteiger partial charge in [0.1, 0.15) is 12.2 Å². The lowest BCUT2D eigenvalue weighted by Crippen LogP contribution is -2.42. The Labute approximate surface area is 278 Å². The molecule has 4 aromatic rings. The monoisotopic (exact) mass is 658 g/mol. The van der Waals surface area contributed by atoms with E-state index in [2.05, 4.69) is 60.1 Å². The summed E-state index contributed by atoms with van der Waals surface area (Å²) in [5, 5.41) is 30.6. The van der Waals surface area contributed by atoms with Crippen molar-refractivity contribution in [3.63, 3.8) is 0 Å². The van der Waals surface area contributed by atoms with Crippen LogP contribution in [0.2, 0.25) is 0 Å². The molecule has 0 unspecified atom stereocenters. The summed E-state index contributed by atoms with van der Waals surface area (Å²) in [4.78, 5) is 42.0. The molecule has 0 radical (unpaired) electrons. The number of hydrogen-bond donors (Lipinski definition) is 5. The third-order valence-corrected chi connectivity index (χ3v) is 8.66. The van der Waals surface area contributed by atoms with Crippen molar-refractivity contribution in [2.75, 3.05) is 57.8 Å². The zero-order chi connectivity index (χ0) is 33.5. The number of likely N-dealkylation sites (N-methyl/N-ethyl adjacent to an activating group) is 1. The average Bonchev–Trinajstić information content (AvgIpc) is 3.68. The largest absolute Gasteiger partial charge is 0.387 e. The van der Waals surface area contributed by atoms with Crippen molar-refractivity contribution in [1.82, 2.24) is 35.1 Å². The highest BCUT2D eigenvalue weighted by Gasteiger charge is 2.47. The highest BCUT2D eigenvalue weighted by molar-refractivity contribution is 5.94. The summed E-state index contributed by atoms with van der Waals surface area (Å²) in [6.45, 7) is 6.91. The van der Waals surface area contributed by atoms with Crippen molar-refractivity contribution in [1.29, 1.82) is 0 Å². The molecule has 14 nitrogen and oxygen atoms in total. The predicted octanol–water partition coefficient (Wildman–Crippen LogP) is 1.28. The number of nitrogens with zero attached hydrogens (tertiary/aromatic N) is 5. The van der Waals surface area contributed by atoms with Crippen molar-refractivity contribution < 1.29 is 29.3 Å². The van der Waals surface area contributed by atoms with Crippen LogP contribution in [0.4, 0.5) is 5.82 Å². The van der Waals surface area contributed by atoms with Gasteiger partial charge in [-0.2, -0.15) is 0 Å². The highest BCUT2D eigenvalue weighted by Crippen LogP contribution is 2.33. The lowest BCUT2D eigenvalue weighted by molar-refractivity contribution is -0.137. The fourth-order valence-electron chi connectivity index (χ4n) is 6.11. The molecule has 0 bridgehead atoms. The Balaban J connectivity index is 1.29. The smallest absolute Gasteiger partial charge is 0.289 e. The van der Waals surface area contributed by atoms with Crippen LogP contribution in [-0.4, -0.2) is 117 Å². The van der Waals surface area contributed by atoms with Gasteiger partial charge in [-0.3, -0.25) is 19.1 Å². The third kappa shape index (κ3) is 7.48. The quantitative estimate of drug-likeness (QED) is 0.131. The van der Waals surface area contributed by atoms with Gasteiger partial charge in [0.05, 0.1) is 19.5 Å². The van der Waals surface area contributed by atoms with Crippen LogP contribution in [0.15, 0.2) is 67.0 Å². The molecule has 6 rings (SSSR count). The molecular weight excluding hydrogens is 616 g/mol. The molecule has 2 aliphatic rings. The molecule has 2 aromatic carbocycles. The number of aromatic nitrogens is 4. The molecule has 2 amide bonds. The number of anilines is 1. The van der Waals surface area contributed by atoms with Crippen molar-refractivity contribution in [2.24, 2.45) is 0 Å². The number of ether oxygens (including phenoxy) is 2. The van der Waals surface area contributed by atoms with Gasteiger partial charge in [-0.15, -0.1) is 0 Å². The van der Waals surface area contributed by atoms with E-state index in [4.69, 9.17) is 9.47 Å². The lowest BCUT2D eigenvalue weighted by Gasteiger charge is -2.26. The van der Waals surface area contributed by atoms with Gasteiger partial charge in [0.15, 0.2) is 29.3 Å². The molecule has 48 heavy (non-hydrogen) atoms. The first-order chi connectivity index (χ1) is 23.4. The first-order valence-electron chi connectivity index (χ1n) is 16.4. The number of amides is 2. The van der Waals surface area contributed by atoms with E-state index in [0.717, 1.165) is 37.2 Å². The number of carbonyl (C=O) groups is 2. The van der Waals surface area contributed by atoms with E-state index in [9.17, 15) is 19.8 Å². The van der Waals surface area contributed by atoms with Gasteiger partial charge in [0.25, 0.3) is 11.8 Å². The molecule has 4 atom stereocenters. The molecule has 254 valence electrons. The van der Waals surface area contributed by atoms with Crippen LogP contribution in [0.1, 0.15) is 47.2 Å². The molecule has 2 fully saturated rings. The van der Waals surface area contributed by atoms with Crippen molar-refractivity contribution in [3.8, 4) is 0 Å². The van der Waals surface area contributed by atoms with E-state index in [1.807, 2.05) is 36.4 Å². The second-order valence-corrected chi connectivity index (χ2v) is 11.9. The van der Waals surface area contributed by atoms with E-state index in [1.165, 1.54) is 10.9 Å². The predicted molar refractivity (Wildman–Crippen MR) is 177 cm³/mol. The zero-order valence-electron chi connectivity index (χ0n) is 26.9. The molecule has 14 heteroatoms. The molecule has 4 heterocycles. The van der Waals surface area contributed by atoms with E-state index < -0.39 is 36.4 Å². The number of aliphatic hydroxyl groups excluding tert-OH is 2. The summed E-state index contributed by atoms with van der Waals surface area (Å²) in [5.74, 6) is -0.835. The van der Waals surface area contributed by atoms with Crippen LogP contribution >= 0.6 is 0 Å². The summed E-state index contributed by atoms with van der Waals surface area (Å²) in [6, 6.07) is 20.2. The molecule has 2 saturated heterocycles. The fourth-order valence-corrected chi connectivity index (χ4v) is 6.11. The normalized spacial score (nSPS) is 21.4. The van der Waals surface area contributed by atoms with Gasteiger partial charge in [0, 0.05) is 38.6 Å². The van der Waals surface area contributed by atoms with Crippen LogP contribution in [0.25, 0.3) is 11.2 Å². The number of hydrogen-bond acceptors (Lipinski definition) is 11. The van der Waals surface area contributed by atoms with Crippen LogP contribution in [-0.2, 0) is 14.3 Å². The summed E-state index contributed by atoms with van der Waals surface area (Å²) in [7, 11) is 0. The number of fused-ring (bicyclic) bond motifs is 1. The number of nitrogens with one attached hydrogen (secondary N) is 3. The lowest BCUT2D eigenvalue weighted by atomic mass is 9.91. The minimum absolute atomic E-state index is 0.0510. The van der Waals surface area contributed by atoms with Crippen molar-refractivity contribution in [3.05, 3.63) is 83.9 Å². The second kappa shape index (κ2) is 15.6. The number of aliphatic hydroxyl groups is 2. The molecule has 2 aromatic heterocycles. The Hall–Kier alpha value is -4.47. The number of rotatable bonds is 13. The number of morpholine rings is 1. The Kier molecular flexibility index (Phi) is 10.9. The summed E-state index contributed by atoms with van der Waals surface area (Å²) in [6.07, 6.45) is -3.28. The molecule has 0 spiro atoms. The molecule has 0 aliphatic carbocycles.